The maximum atomic E-state index is 12.9. The molecule has 10 heteroatoms. The van der Waals surface area contributed by atoms with Gasteiger partial charge in [-0.2, -0.15) is 18.2 Å². The minimum atomic E-state index is -4.55. The number of alkyl halides is 3. The van der Waals surface area contributed by atoms with Gasteiger partial charge in [-0.3, -0.25) is 0 Å². The van der Waals surface area contributed by atoms with Gasteiger partial charge in [0.25, 0.3) is 6.01 Å². The van der Waals surface area contributed by atoms with Crippen molar-refractivity contribution >= 4 is 17.2 Å². The van der Waals surface area contributed by atoms with Gasteiger partial charge >= 0.3 is 6.18 Å². The van der Waals surface area contributed by atoms with Gasteiger partial charge in [0.15, 0.2) is 5.58 Å². The first-order chi connectivity index (χ1) is 13.8. The van der Waals surface area contributed by atoms with Crippen molar-refractivity contribution in [1.82, 2.24) is 9.97 Å². The van der Waals surface area contributed by atoms with E-state index in [0.29, 0.717) is 37.4 Å². The molecular formula is C19H18F3N3O4. The number of ether oxygens (including phenoxy) is 1. The second kappa shape index (κ2) is 7.20. The van der Waals surface area contributed by atoms with Gasteiger partial charge < -0.3 is 24.3 Å². The monoisotopic (exact) mass is 409 g/mol. The average molecular weight is 409 g/mol. The number of oxazole rings is 1. The van der Waals surface area contributed by atoms with Crippen LogP contribution in [0.4, 0.5) is 19.2 Å². The molecule has 3 aromatic rings. The highest BCUT2D eigenvalue weighted by Gasteiger charge is 2.32. The lowest BCUT2D eigenvalue weighted by Gasteiger charge is -2.30. The van der Waals surface area contributed by atoms with Crippen LogP contribution in [-0.4, -0.2) is 52.6 Å². The molecule has 1 fully saturated rings. The van der Waals surface area contributed by atoms with Crippen LogP contribution in [0.25, 0.3) is 22.5 Å². The average Bonchev–Trinajstić information content (AvgIpc) is 3.10. The van der Waals surface area contributed by atoms with E-state index in [1.165, 1.54) is 6.92 Å². The van der Waals surface area contributed by atoms with Crippen molar-refractivity contribution in [3.63, 3.8) is 0 Å². The summed E-state index contributed by atoms with van der Waals surface area (Å²) in [6.45, 7) is 2.73. The van der Waals surface area contributed by atoms with Crippen LogP contribution >= 0.6 is 0 Å². The minimum absolute atomic E-state index is 0.119. The number of anilines is 1. The first kappa shape index (κ1) is 19.5. The van der Waals surface area contributed by atoms with Crippen molar-refractivity contribution in [2.45, 2.75) is 19.2 Å². The highest BCUT2D eigenvalue weighted by molar-refractivity contribution is 5.78. The Morgan fingerprint density at radius 1 is 1.24 bits per heavy atom. The fourth-order valence-electron chi connectivity index (χ4n) is 3.35. The van der Waals surface area contributed by atoms with Crippen LogP contribution in [0.3, 0.4) is 0 Å². The van der Waals surface area contributed by atoms with Gasteiger partial charge in [-0.25, -0.2) is 4.98 Å². The number of hydrogen-bond acceptors (Lipinski definition) is 7. The van der Waals surface area contributed by atoms with Crippen molar-refractivity contribution in [2.75, 3.05) is 31.2 Å². The standard InChI is InChI=1S/C19H18F3N3O4/c1-10-6-11(19(20,21)22)7-14(27)16(10)13-2-3-15-17(23-13)24-18(29-15)25-4-5-28-12(8-25)9-26/h2-3,6-7,12,26-27H,4-5,8-9H2,1H3. The molecule has 154 valence electrons. The van der Waals surface area contributed by atoms with E-state index in [9.17, 15) is 23.4 Å². The van der Waals surface area contributed by atoms with Crippen LogP contribution in [0.5, 0.6) is 5.75 Å². The second-order valence-corrected chi connectivity index (χ2v) is 6.82. The molecule has 2 N–H and O–H groups in total. The zero-order chi connectivity index (χ0) is 20.8. The lowest BCUT2D eigenvalue weighted by atomic mass is 10.0. The Labute approximate surface area is 163 Å². The lowest BCUT2D eigenvalue weighted by molar-refractivity contribution is -0.137. The number of aryl methyl sites for hydroxylation is 1. The predicted molar refractivity (Wildman–Crippen MR) is 97.7 cm³/mol. The molecule has 0 saturated carbocycles. The zero-order valence-electron chi connectivity index (χ0n) is 15.4. The van der Waals surface area contributed by atoms with Crippen LogP contribution in [-0.2, 0) is 10.9 Å². The number of phenols is 1. The summed E-state index contributed by atoms with van der Waals surface area (Å²) in [6, 6.07) is 5.14. The largest absolute Gasteiger partial charge is 0.507 e. The Morgan fingerprint density at radius 2 is 2.03 bits per heavy atom. The molecule has 2 aromatic heterocycles. The third-order valence-electron chi connectivity index (χ3n) is 4.75. The van der Waals surface area contributed by atoms with Gasteiger partial charge in [-0.15, -0.1) is 0 Å². The molecule has 3 heterocycles. The number of pyridine rings is 1. The van der Waals surface area contributed by atoms with Crippen molar-refractivity contribution in [3.8, 4) is 17.0 Å². The number of morpholine rings is 1. The van der Waals surface area contributed by atoms with Crippen molar-refractivity contribution in [2.24, 2.45) is 0 Å². The van der Waals surface area contributed by atoms with Gasteiger partial charge in [0, 0.05) is 12.1 Å². The van der Waals surface area contributed by atoms with Crippen LogP contribution in [0.1, 0.15) is 11.1 Å². The molecule has 0 amide bonds. The predicted octanol–water partition coefficient (Wildman–Crippen LogP) is 3.12. The van der Waals surface area contributed by atoms with Crippen molar-refractivity contribution < 1.29 is 32.5 Å². The number of aliphatic hydroxyl groups is 1. The molecule has 1 saturated heterocycles. The second-order valence-electron chi connectivity index (χ2n) is 6.82. The first-order valence-corrected chi connectivity index (χ1v) is 8.92. The summed E-state index contributed by atoms with van der Waals surface area (Å²) in [7, 11) is 0. The minimum Gasteiger partial charge on any atom is -0.507 e. The summed E-state index contributed by atoms with van der Waals surface area (Å²) < 4.78 is 50.0. The molecule has 1 aliphatic rings. The Morgan fingerprint density at radius 3 is 2.72 bits per heavy atom. The maximum absolute atomic E-state index is 12.9. The third kappa shape index (κ3) is 3.73. The molecule has 0 aliphatic carbocycles. The van der Waals surface area contributed by atoms with Crippen molar-refractivity contribution in [1.29, 1.82) is 0 Å². The molecule has 1 aliphatic heterocycles. The number of fused-ring (bicyclic) bond motifs is 1. The number of rotatable bonds is 3. The first-order valence-electron chi connectivity index (χ1n) is 8.92. The van der Waals surface area contributed by atoms with E-state index in [0.717, 1.165) is 6.07 Å². The van der Waals surface area contributed by atoms with E-state index in [1.807, 2.05) is 4.90 Å². The summed E-state index contributed by atoms with van der Waals surface area (Å²) >= 11 is 0. The van der Waals surface area contributed by atoms with Crippen LogP contribution in [0.15, 0.2) is 28.7 Å². The van der Waals surface area contributed by atoms with Crippen molar-refractivity contribution in [3.05, 3.63) is 35.4 Å². The number of benzene rings is 1. The summed E-state index contributed by atoms with van der Waals surface area (Å²) in [6.07, 6.45) is -4.89. The SMILES string of the molecule is Cc1cc(C(F)(F)F)cc(O)c1-c1ccc2oc(N3CCOC(CO)C3)nc2n1. The van der Waals surface area contributed by atoms with E-state index < -0.39 is 17.5 Å². The molecule has 0 bridgehead atoms. The molecule has 1 aromatic carbocycles. The van der Waals surface area contributed by atoms with E-state index in [2.05, 4.69) is 9.97 Å². The maximum Gasteiger partial charge on any atom is 0.416 e. The normalized spacial score (nSPS) is 17.8. The van der Waals surface area contributed by atoms with E-state index in [4.69, 9.17) is 9.15 Å². The Balaban J connectivity index is 1.70. The van der Waals surface area contributed by atoms with E-state index in [1.54, 1.807) is 12.1 Å². The zero-order valence-corrected chi connectivity index (χ0v) is 15.4. The number of nitrogens with zero attached hydrogens (tertiary/aromatic N) is 3. The smallest absolute Gasteiger partial charge is 0.416 e. The number of phenolic OH excluding ortho intramolecular Hbond substituents is 1. The third-order valence-corrected chi connectivity index (χ3v) is 4.75. The summed E-state index contributed by atoms with van der Waals surface area (Å²) in [5.41, 5.74) is 0.481. The number of aromatic hydroxyl groups is 1. The van der Waals surface area contributed by atoms with Gasteiger partial charge in [-0.05, 0) is 36.8 Å². The fourth-order valence-corrected chi connectivity index (χ4v) is 3.35. The van der Waals surface area contributed by atoms with Gasteiger partial charge in [0.05, 0.1) is 37.1 Å². The number of aromatic nitrogens is 2. The molecule has 1 atom stereocenters. The van der Waals surface area contributed by atoms with E-state index >= 15 is 0 Å². The van der Waals surface area contributed by atoms with Crippen LogP contribution < -0.4 is 4.90 Å². The highest BCUT2D eigenvalue weighted by atomic mass is 19.4. The molecule has 1 unspecified atom stereocenters. The summed E-state index contributed by atoms with van der Waals surface area (Å²) in [4.78, 5) is 10.5. The van der Waals surface area contributed by atoms with Crippen LogP contribution in [0, 0.1) is 6.92 Å². The van der Waals surface area contributed by atoms with Gasteiger partial charge in [0.2, 0.25) is 5.65 Å². The fraction of sp³-hybridized carbons (Fsp3) is 0.368. The number of aliphatic hydroxyl groups excluding tert-OH is 1. The molecule has 0 spiro atoms. The number of halogens is 3. The topological polar surface area (TPSA) is 91.9 Å². The number of hydrogen-bond donors (Lipinski definition) is 2. The molecule has 7 nitrogen and oxygen atoms in total. The quantitative estimate of drug-likeness (QED) is 0.687. The molecular weight excluding hydrogens is 391 g/mol. The van der Waals surface area contributed by atoms with Crippen LogP contribution in [0.2, 0.25) is 0 Å². The van der Waals surface area contributed by atoms with E-state index in [-0.39, 0.29) is 35.2 Å². The Kier molecular flexibility index (Phi) is 4.83. The Hall–Kier alpha value is -2.85. The Bertz CT molecular complexity index is 1030. The highest BCUT2D eigenvalue weighted by Crippen LogP contribution is 2.39. The lowest BCUT2D eigenvalue weighted by Crippen LogP contribution is -2.44. The summed E-state index contributed by atoms with van der Waals surface area (Å²) in [5.74, 6) is -0.508. The van der Waals surface area contributed by atoms with Gasteiger partial charge in [-0.1, -0.05) is 0 Å². The molecule has 4 rings (SSSR count). The summed E-state index contributed by atoms with van der Waals surface area (Å²) in [5, 5.41) is 19.5. The van der Waals surface area contributed by atoms with Gasteiger partial charge in [0.1, 0.15) is 5.75 Å². The molecule has 29 heavy (non-hydrogen) atoms. The molecule has 0 radical (unpaired) electrons.